The van der Waals surface area contributed by atoms with E-state index < -0.39 is 5.69 Å². The Kier molecular flexibility index (Phi) is 4.59. The third-order valence-corrected chi connectivity index (χ3v) is 5.97. The van der Waals surface area contributed by atoms with Crippen molar-refractivity contribution in [3.8, 4) is 10.6 Å². The van der Waals surface area contributed by atoms with Gasteiger partial charge in [0.25, 0.3) is 0 Å². The molecule has 0 spiro atoms. The lowest BCUT2D eigenvalue weighted by Crippen LogP contribution is -2.29. The van der Waals surface area contributed by atoms with Gasteiger partial charge in [0.15, 0.2) is 0 Å². The lowest BCUT2D eigenvalue weighted by atomic mass is 10.2. The maximum Gasteiger partial charge on any atom is 0.349 e. The highest BCUT2D eigenvalue weighted by Crippen LogP contribution is 2.31. The number of para-hydroxylation sites is 1. The van der Waals surface area contributed by atoms with Gasteiger partial charge in [-0.15, -0.1) is 22.7 Å². The molecule has 27 heavy (non-hydrogen) atoms. The molecule has 0 fully saturated rings. The van der Waals surface area contributed by atoms with Crippen LogP contribution < -0.4 is 11.0 Å². The Bertz CT molecular complexity index is 1190. The first-order valence-electron chi connectivity index (χ1n) is 8.30. The quantitative estimate of drug-likeness (QED) is 0.569. The number of benzene rings is 1. The van der Waals surface area contributed by atoms with E-state index >= 15 is 0 Å². The molecule has 0 unspecified atom stereocenters. The third-order valence-electron chi connectivity index (χ3n) is 4.10. The molecule has 6 nitrogen and oxygen atoms in total. The fourth-order valence-electron chi connectivity index (χ4n) is 2.82. The Morgan fingerprint density at radius 2 is 1.96 bits per heavy atom. The molecule has 4 aromatic rings. The minimum atomic E-state index is -0.450. The molecule has 1 N–H and O–H groups in total. The van der Waals surface area contributed by atoms with Crippen molar-refractivity contribution in [3.05, 3.63) is 62.8 Å². The molecule has 136 valence electrons. The highest BCUT2D eigenvalue weighted by molar-refractivity contribution is 7.18. The monoisotopic (exact) mass is 396 g/mol. The number of hydrogen-bond acceptors (Lipinski definition) is 6. The minimum Gasteiger partial charge on any atom is -0.324 e. The lowest BCUT2D eigenvalue weighted by Gasteiger charge is -2.10. The number of thiazole rings is 1. The summed E-state index contributed by atoms with van der Waals surface area (Å²) in [5.41, 5.74) is 2.47. The van der Waals surface area contributed by atoms with Gasteiger partial charge in [-0.2, -0.15) is 4.98 Å². The fourth-order valence-corrected chi connectivity index (χ4v) is 4.44. The first-order valence-corrected chi connectivity index (χ1v) is 10.00. The topological polar surface area (TPSA) is 76.9 Å². The van der Waals surface area contributed by atoms with Gasteiger partial charge in [-0.1, -0.05) is 24.3 Å². The zero-order valence-electron chi connectivity index (χ0n) is 14.7. The number of amides is 1. The molecule has 0 saturated heterocycles. The maximum absolute atomic E-state index is 12.7. The zero-order valence-corrected chi connectivity index (χ0v) is 16.4. The predicted octanol–water partition coefficient (Wildman–Crippen LogP) is 3.84. The highest BCUT2D eigenvalue weighted by Gasteiger charge is 2.18. The average Bonchev–Trinajstić information content (AvgIpc) is 3.29. The van der Waals surface area contributed by atoms with Gasteiger partial charge in [0.1, 0.15) is 22.6 Å². The molecule has 4 rings (SSSR count). The summed E-state index contributed by atoms with van der Waals surface area (Å²) in [7, 11) is 0. The number of aryl methyl sites for hydroxylation is 2. The van der Waals surface area contributed by atoms with Crippen LogP contribution in [0.15, 0.2) is 46.6 Å². The number of rotatable bonds is 4. The molecule has 8 heteroatoms. The third kappa shape index (κ3) is 3.41. The van der Waals surface area contributed by atoms with Crippen molar-refractivity contribution in [3.63, 3.8) is 0 Å². The number of hydrogen-bond donors (Lipinski definition) is 1. The van der Waals surface area contributed by atoms with E-state index in [2.05, 4.69) is 15.3 Å². The van der Waals surface area contributed by atoms with Crippen molar-refractivity contribution in [2.45, 2.75) is 20.4 Å². The van der Waals surface area contributed by atoms with Crippen LogP contribution in [-0.2, 0) is 11.3 Å². The number of thiophene rings is 1. The van der Waals surface area contributed by atoms with E-state index in [0.717, 1.165) is 21.1 Å². The molecule has 0 aliphatic carbocycles. The van der Waals surface area contributed by atoms with Crippen LogP contribution in [0.25, 0.3) is 20.9 Å². The molecule has 0 aliphatic rings. The van der Waals surface area contributed by atoms with Crippen LogP contribution in [0, 0.1) is 13.8 Å². The van der Waals surface area contributed by atoms with Crippen molar-refractivity contribution in [1.29, 1.82) is 0 Å². The van der Waals surface area contributed by atoms with E-state index in [-0.39, 0.29) is 12.5 Å². The summed E-state index contributed by atoms with van der Waals surface area (Å²) in [6.07, 6.45) is 0. The molecule has 0 radical (unpaired) electrons. The number of anilines is 1. The summed E-state index contributed by atoms with van der Waals surface area (Å²) >= 11 is 2.90. The smallest absolute Gasteiger partial charge is 0.324 e. The summed E-state index contributed by atoms with van der Waals surface area (Å²) in [5.74, 6) is -0.274. The predicted molar refractivity (Wildman–Crippen MR) is 110 cm³/mol. The first kappa shape index (κ1) is 17.6. The lowest BCUT2D eigenvalue weighted by molar-refractivity contribution is -0.116. The van der Waals surface area contributed by atoms with Crippen molar-refractivity contribution < 1.29 is 4.79 Å². The van der Waals surface area contributed by atoms with E-state index in [9.17, 15) is 9.59 Å². The van der Waals surface area contributed by atoms with Crippen LogP contribution in [0.2, 0.25) is 0 Å². The number of carbonyl (C=O) groups excluding carboxylic acids is 1. The van der Waals surface area contributed by atoms with E-state index in [1.807, 2.05) is 55.6 Å². The summed E-state index contributed by atoms with van der Waals surface area (Å²) in [5, 5.41) is 5.62. The Balaban J connectivity index is 1.73. The molecule has 3 aromatic heterocycles. The van der Waals surface area contributed by atoms with Gasteiger partial charge in [-0.3, -0.25) is 9.36 Å². The molecular formula is C19H16N4O2S2. The second kappa shape index (κ2) is 7.05. The standard InChI is InChI=1S/C19H16N4O2S2/c1-11-6-3-4-7-13(11)21-15(24)10-23-18-17(20-12(2)27-18)16(22-19(23)25)14-8-5-9-26-14/h3-9H,10H2,1-2H3,(H,21,24). The van der Waals surface area contributed by atoms with Crippen molar-refractivity contribution in [2.75, 3.05) is 5.32 Å². The normalized spacial score (nSPS) is 11.0. The van der Waals surface area contributed by atoms with Gasteiger partial charge in [-0.25, -0.2) is 9.78 Å². The maximum atomic E-state index is 12.7. The number of nitrogens with zero attached hydrogens (tertiary/aromatic N) is 3. The molecule has 0 aliphatic heterocycles. The van der Waals surface area contributed by atoms with Gasteiger partial charge in [0, 0.05) is 5.69 Å². The molecular weight excluding hydrogens is 380 g/mol. The second-order valence-corrected chi connectivity index (χ2v) is 8.19. The fraction of sp³-hybridized carbons (Fsp3) is 0.158. The Morgan fingerprint density at radius 3 is 2.70 bits per heavy atom. The number of fused-ring (bicyclic) bond motifs is 1. The van der Waals surface area contributed by atoms with E-state index in [1.165, 1.54) is 27.2 Å². The van der Waals surface area contributed by atoms with Crippen molar-refractivity contribution >= 4 is 44.6 Å². The van der Waals surface area contributed by atoms with E-state index in [1.54, 1.807) is 0 Å². The van der Waals surface area contributed by atoms with Gasteiger partial charge in [0.05, 0.1) is 9.88 Å². The molecule has 0 atom stereocenters. The van der Waals surface area contributed by atoms with Gasteiger partial charge in [0.2, 0.25) is 5.91 Å². The summed E-state index contributed by atoms with van der Waals surface area (Å²) in [6, 6.07) is 11.3. The number of nitrogens with one attached hydrogen (secondary N) is 1. The first-order chi connectivity index (χ1) is 13.0. The van der Waals surface area contributed by atoms with Crippen LogP contribution in [0.5, 0.6) is 0 Å². The van der Waals surface area contributed by atoms with Crippen LogP contribution in [-0.4, -0.2) is 20.4 Å². The summed E-state index contributed by atoms with van der Waals surface area (Å²) in [6.45, 7) is 3.69. The van der Waals surface area contributed by atoms with E-state index in [0.29, 0.717) is 16.0 Å². The summed E-state index contributed by atoms with van der Waals surface area (Å²) < 4.78 is 1.39. The molecule has 0 bridgehead atoms. The van der Waals surface area contributed by atoms with Crippen molar-refractivity contribution in [1.82, 2.24) is 14.5 Å². The number of aromatic nitrogens is 3. The second-order valence-electron chi connectivity index (χ2n) is 6.06. The van der Waals surface area contributed by atoms with Gasteiger partial charge >= 0.3 is 5.69 Å². The largest absolute Gasteiger partial charge is 0.349 e. The molecule has 1 aromatic carbocycles. The average molecular weight is 396 g/mol. The summed E-state index contributed by atoms with van der Waals surface area (Å²) in [4.78, 5) is 35.5. The molecule has 1 amide bonds. The van der Waals surface area contributed by atoms with Crippen LogP contribution in [0.3, 0.4) is 0 Å². The highest BCUT2D eigenvalue weighted by atomic mass is 32.1. The SMILES string of the molecule is Cc1nc2c(-c3cccs3)nc(=O)n(CC(=O)Nc3ccccc3C)c2s1. The zero-order chi connectivity index (χ0) is 19.0. The molecule has 3 heterocycles. The Labute approximate surface area is 163 Å². The van der Waals surface area contributed by atoms with E-state index in [4.69, 9.17) is 0 Å². The van der Waals surface area contributed by atoms with Crippen molar-refractivity contribution in [2.24, 2.45) is 0 Å². The molecule has 0 saturated carbocycles. The number of carbonyl (C=O) groups is 1. The van der Waals surface area contributed by atoms with Crippen LogP contribution >= 0.6 is 22.7 Å². The Hall–Kier alpha value is -2.84. The minimum absolute atomic E-state index is 0.108. The van der Waals surface area contributed by atoms with Gasteiger partial charge in [-0.05, 0) is 36.9 Å². The van der Waals surface area contributed by atoms with Crippen LogP contribution in [0.1, 0.15) is 10.6 Å². The Morgan fingerprint density at radius 1 is 1.15 bits per heavy atom. The van der Waals surface area contributed by atoms with Gasteiger partial charge < -0.3 is 5.32 Å². The van der Waals surface area contributed by atoms with Crippen LogP contribution in [0.4, 0.5) is 5.69 Å².